The summed E-state index contributed by atoms with van der Waals surface area (Å²) in [5, 5.41) is 0. The molecule has 0 spiro atoms. The summed E-state index contributed by atoms with van der Waals surface area (Å²) >= 11 is 0. The summed E-state index contributed by atoms with van der Waals surface area (Å²) < 4.78 is 16.9. The Morgan fingerprint density at radius 3 is 0.800 bits per heavy atom. The predicted octanol–water partition coefficient (Wildman–Crippen LogP) is 23.2. The molecule has 0 radical (unpaired) electrons. The maximum absolute atomic E-state index is 12.9. The van der Waals surface area contributed by atoms with E-state index in [-0.39, 0.29) is 31.1 Å². The van der Waals surface area contributed by atoms with E-state index >= 15 is 0 Å². The van der Waals surface area contributed by atoms with Gasteiger partial charge in [0.1, 0.15) is 13.2 Å². The van der Waals surface area contributed by atoms with Gasteiger partial charge in [0.15, 0.2) is 6.10 Å². The molecule has 6 heteroatoms. The van der Waals surface area contributed by atoms with E-state index < -0.39 is 6.10 Å². The topological polar surface area (TPSA) is 78.9 Å². The van der Waals surface area contributed by atoms with Crippen molar-refractivity contribution >= 4 is 17.9 Å². The molecular formula is C74H124O6. The van der Waals surface area contributed by atoms with Gasteiger partial charge in [0.25, 0.3) is 0 Å². The minimum Gasteiger partial charge on any atom is -0.462 e. The van der Waals surface area contributed by atoms with E-state index in [0.29, 0.717) is 19.3 Å². The second-order valence-corrected chi connectivity index (χ2v) is 22.0. The van der Waals surface area contributed by atoms with Gasteiger partial charge >= 0.3 is 17.9 Å². The van der Waals surface area contributed by atoms with Crippen molar-refractivity contribution in [2.45, 2.75) is 316 Å². The molecule has 0 aliphatic carbocycles. The molecule has 0 N–H and O–H groups in total. The average molecular weight is 1110 g/mol. The molecule has 0 aromatic carbocycles. The molecule has 0 aliphatic heterocycles. The Labute approximate surface area is 494 Å². The number of ether oxygens (including phenoxy) is 3. The van der Waals surface area contributed by atoms with Crippen LogP contribution in [-0.2, 0) is 28.6 Å². The van der Waals surface area contributed by atoms with E-state index in [2.05, 4.69) is 142 Å². The molecule has 0 aliphatic rings. The van der Waals surface area contributed by atoms with Crippen molar-refractivity contribution in [2.75, 3.05) is 13.2 Å². The fourth-order valence-corrected chi connectivity index (χ4v) is 9.20. The van der Waals surface area contributed by atoms with Crippen LogP contribution in [0.3, 0.4) is 0 Å². The van der Waals surface area contributed by atoms with Gasteiger partial charge < -0.3 is 14.2 Å². The Morgan fingerprint density at radius 2 is 0.487 bits per heavy atom. The summed E-state index contributed by atoms with van der Waals surface area (Å²) in [7, 11) is 0. The molecule has 0 aromatic rings. The smallest absolute Gasteiger partial charge is 0.306 e. The summed E-state index contributed by atoms with van der Waals surface area (Å²) in [6.07, 6.45) is 93.5. The maximum atomic E-state index is 12.9. The van der Waals surface area contributed by atoms with Crippen LogP contribution in [0.15, 0.2) is 122 Å². The van der Waals surface area contributed by atoms with Gasteiger partial charge in [0, 0.05) is 19.3 Å². The number of allylic oxidation sites excluding steroid dienone is 20. The van der Waals surface area contributed by atoms with Crippen molar-refractivity contribution in [2.24, 2.45) is 0 Å². The van der Waals surface area contributed by atoms with Crippen LogP contribution in [-0.4, -0.2) is 37.2 Å². The first-order valence-corrected chi connectivity index (χ1v) is 33.5. The summed E-state index contributed by atoms with van der Waals surface area (Å²) in [5.41, 5.74) is 0. The van der Waals surface area contributed by atoms with Crippen molar-refractivity contribution in [3.8, 4) is 0 Å². The van der Waals surface area contributed by atoms with Crippen LogP contribution in [0.2, 0.25) is 0 Å². The van der Waals surface area contributed by atoms with E-state index in [4.69, 9.17) is 14.2 Å². The number of carbonyl (C=O) groups is 3. The second kappa shape index (κ2) is 67.3. The maximum Gasteiger partial charge on any atom is 0.306 e. The Morgan fingerprint density at radius 1 is 0.263 bits per heavy atom. The molecule has 0 saturated heterocycles. The second-order valence-electron chi connectivity index (χ2n) is 22.0. The van der Waals surface area contributed by atoms with Crippen LogP contribution in [0.5, 0.6) is 0 Å². The van der Waals surface area contributed by atoms with Gasteiger partial charge in [-0.2, -0.15) is 0 Å². The number of unbranched alkanes of at least 4 members (excludes halogenated alkanes) is 29. The summed E-state index contributed by atoms with van der Waals surface area (Å²) in [6.45, 7) is 6.50. The first-order valence-electron chi connectivity index (χ1n) is 33.5. The third-order valence-electron chi connectivity index (χ3n) is 14.2. The van der Waals surface area contributed by atoms with Crippen LogP contribution >= 0.6 is 0 Å². The van der Waals surface area contributed by atoms with Crippen LogP contribution < -0.4 is 0 Å². The molecule has 1 atom stereocenters. The fourth-order valence-electron chi connectivity index (χ4n) is 9.20. The van der Waals surface area contributed by atoms with Gasteiger partial charge in [-0.25, -0.2) is 0 Å². The van der Waals surface area contributed by atoms with Gasteiger partial charge in [0.2, 0.25) is 0 Å². The lowest BCUT2D eigenvalue weighted by molar-refractivity contribution is -0.167. The highest BCUT2D eigenvalue weighted by Gasteiger charge is 2.19. The number of hydrogen-bond acceptors (Lipinski definition) is 6. The van der Waals surface area contributed by atoms with Gasteiger partial charge in [-0.3, -0.25) is 14.4 Å². The van der Waals surface area contributed by atoms with E-state index in [1.807, 2.05) is 0 Å². The van der Waals surface area contributed by atoms with Gasteiger partial charge in [-0.15, -0.1) is 0 Å². The van der Waals surface area contributed by atoms with Crippen LogP contribution in [0.1, 0.15) is 310 Å². The molecule has 0 heterocycles. The van der Waals surface area contributed by atoms with Crippen molar-refractivity contribution in [1.29, 1.82) is 0 Å². The van der Waals surface area contributed by atoms with Crippen molar-refractivity contribution in [3.05, 3.63) is 122 Å². The van der Waals surface area contributed by atoms with E-state index in [9.17, 15) is 14.4 Å². The highest BCUT2D eigenvalue weighted by molar-refractivity contribution is 5.71. The van der Waals surface area contributed by atoms with Crippen molar-refractivity contribution < 1.29 is 28.6 Å². The Balaban J connectivity index is 4.30. The lowest BCUT2D eigenvalue weighted by Gasteiger charge is -2.18. The lowest BCUT2D eigenvalue weighted by Crippen LogP contribution is -2.30. The number of rotatable bonds is 60. The highest BCUT2D eigenvalue weighted by atomic mass is 16.6. The Kier molecular flexibility index (Phi) is 63.8. The minimum absolute atomic E-state index is 0.0874. The van der Waals surface area contributed by atoms with Crippen molar-refractivity contribution in [3.63, 3.8) is 0 Å². The van der Waals surface area contributed by atoms with Gasteiger partial charge in [-0.05, 0) is 116 Å². The zero-order valence-corrected chi connectivity index (χ0v) is 52.3. The number of carbonyl (C=O) groups excluding carboxylic acids is 3. The zero-order chi connectivity index (χ0) is 57.8. The Bertz CT molecular complexity index is 1650. The SMILES string of the molecule is CC/C=C\C/C=C\C/C=C\C/C=C\C/C=C\C/C=C\C/C=C\C/C=C\C/C=C\CCCCCCCC(=O)OCC(COC(=O)CCCCCCC/C=C\CCCCC)OC(=O)CCCCCCCCCCCCCCCCCCC. The lowest BCUT2D eigenvalue weighted by atomic mass is 10.0. The quantitative estimate of drug-likeness (QED) is 0.0261. The predicted molar refractivity (Wildman–Crippen MR) is 348 cm³/mol. The molecule has 0 amide bonds. The number of hydrogen-bond donors (Lipinski definition) is 0. The molecule has 1 unspecified atom stereocenters. The van der Waals surface area contributed by atoms with Crippen LogP contribution in [0.4, 0.5) is 0 Å². The molecule has 0 aromatic heterocycles. The standard InChI is InChI=1S/C74H124O6/c1-4-7-10-13-16-19-22-25-27-29-30-31-32-33-34-35-36-37-38-39-40-41-42-43-44-46-47-49-52-55-58-61-64-67-73(76)79-70-71(69-78-72(75)66-63-60-57-54-51-24-21-18-15-12-9-6-3)80-74(77)68-65-62-59-56-53-50-48-45-28-26-23-20-17-14-11-8-5-2/h7,10,16,18-19,21,25,27,30-31,33-34,36-37,39-40,42-43,46-47,71H,4-6,8-9,11-15,17,20,22-24,26,28-29,32,35,38,41,44-45,48-70H2,1-3H3/b10-7-,19-16-,21-18-,27-25-,31-30-,34-33-,37-36-,40-39-,43-42-,47-46-. The molecule has 456 valence electrons. The first-order chi connectivity index (χ1) is 39.5. The summed E-state index contributed by atoms with van der Waals surface area (Å²) in [6, 6.07) is 0. The van der Waals surface area contributed by atoms with E-state index in [1.54, 1.807) is 0 Å². The molecular weight excluding hydrogens is 985 g/mol. The average Bonchev–Trinajstić information content (AvgIpc) is 3.46. The first kappa shape index (κ1) is 75.8. The third-order valence-corrected chi connectivity index (χ3v) is 14.2. The number of esters is 3. The van der Waals surface area contributed by atoms with E-state index in [1.165, 1.54) is 128 Å². The monoisotopic (exact) mass is 1110 g/mol. The van der Waals surface area contributed by atoms with E-state index in [0.717, 1.165) is 141 Å². The highest BCUT2D eigenvalue weighted by Crippen LogP contribution is 2.16. The van der Waals surface area contributed by atoms with Crippen LogP contribution in [0, 0.1) is 0 Å². The normalized spacial score (nSPS) is 12.9. The molecule has 0 fully saturated rings. The minimum atomic E-state index is -0.791. The molecule has 6 nitrogen and oxygen atoms in total. The molecule has 0 rings (SSSR count). The fraction of sp³-hybridized carbons (Fsp3) is 0.689. The molecule has 0 bridgehead atoms. The van der Waals surface area contributed by atoms with Crippen LogP contribution in [0.25, 0.3) is 0 Å². The largest absolute Gasteiger partial charge is 0.462 e. The van der Waals surface area contributed by atoms with Crippen molar-refractivity contribution in [1.82, 2.24) is 0 Å². The zero-order valence-electron chi connectivity index (χ0n) is 52.3. The Hall–Kier alpha value is -4.19. The summed E-state index contributed by atoms with van der Waals surface area (Å²) in [5.74, 6) is -0.907. The molecule has 0 saturated carbocycles. The summed E-state index contributed by atoms with van der Waals surface area (Å²) in [4.78, 5) is 38.3. The third kappa shape index (κ3) is 64.6. The van der Waals surface area contributed by atoms with Gasteiger partial charge in [0.05, 0.1) is 0 Å². The molecule has 80 heavy (non-hydrogen) atoms. The van der Waals surface area contributed by atoms with Gasteiger partial charge in [-0.1, -0.05) is 296 Å².